The maximum Gasteiger partial charge on any atom is 0.225 e. The molecule has 1 aliphatic rings. The van der Waals surface area contributed by atoms with Crippen molar-refractivity contribution in [1.82, 2.24) is 9.97 Å². The summed E-state index contributed by atoms with van der Waals surface area (Å²) in [6.45, 7) is 0.786. The fraction of sp³-hybridized carbons (Fsp3) is 0.429. The lowest BCUT2D eigenvalue weighted by molar-refractivity contribution is 0.272. The number of anilines is 2. The van der Waals surface area contributed by atoms with Crippen molar-refractivity contribution in [1.29, 1.82) is 0 Å². The van der Waals surface area contributed by atoms with Gasteiger partial charge in [0.1, 0.15) is 6.17 Å². The van der Waals surface area contributed by atoms with Gasteiger partial charge in [0.25, 0.3) is 0 Å². The van der Waals surface area contributed by atoms with Crippen molar-refractivity contribution < 1.29 is 4.39 Å². The van der Waals surface area contributed by atoms with E-state index in [0.717, 1.165) is 0 Å². The van der Waals surface area contributed by atoms with E-state index in [-0.39, 0.29) is 0 Å². The second-order valence-electron chi connectivity index (χ2n) is 2.82. The van der Waals surface area contributed by atoms with Crippen molar-refractivity contribution in [2.75, 3.05) is 23.7 Å². The number of halogens is 1. The molecule has 0 radical (unpaired) electrons. The molecule has 0 aromatic carbocycles. The van der Waals surface area contributed by atoms with E-state index >= 15 is 0 Å². The van der Waals surface area contributed by atoms with Gasteiger partial charge in [-0.05, 0) is 0 Å². The van der Waals surface area contributed by atoms with Crippen molar-refractivity contribution in [3.63, 3.8) is 0 Å². The Kier molecular flexibility index (Phi) is 1.56. The fourth-order valence-corrected chi connectivity index (χ4v) is 1.08. The highest BCUT2D eigenvalue weighted by Gasteiger charge is 2.27. The zero-order valence-electron chi connectivity index (χ0n) is 6.44. The Morgan fingerprint density at radius 3 is 2.50 bits per heavy atom. The van der Waals surface area contributed by atoms with Gasteiger partial charge in [-0.15, -0.1) is 0 Å². The van der Waals surface area contributed by atoms with Crippen LogP contribution in [0.3, 0.4) is 0 Å². The van der Waals surface area contributed by atoms with E-state index in [1.54, 1.807) is 4.90 Å². The van der Waals surface area contributed by atoms with Gasteiger partial charge in [-0.3, -0.25) is 0 Å². The van der Waals surface area contributed by atoms with Gasteiger partial charge >= 0.3 is 0 Å². The Morgan fingerprint density at radius 2 is 2.00 bits per heavy atom. The number of hydrogen-bond acceptors (Lipinski definition) is 4. The number of nitrogens with zero attached hydrogens (tertiary/aromatic N) is 3. The van der Waals surface area contributed by atoms with E-state index in [1.807, 2.05) is 0 Å². The number of aromatic nitrogens is 2. The highest BCUT2D eigenvalue weighted by atomic mass is 19.1. The number of nitrogens with two attached hydrogens (primary N) is 1. The zero-order valence-corrected chi connectivity index (χ0v) is 6.44. The van der Waals surface area contributed by atoms with E-state index in [0.29, 0.717) is 24.7 Å². The Balaban J connectivity index is 2.09. The van der Waals surface area contributed by atoms with E-state index in [2.05, 4.69) is 9.97 Å². The summed E-state index contributed by atoms with van der Waals surface area (Å²) in [6.07, 6.45) is 2.31. The summed E-state index contributed by atoms with van der Waals surface area (Å²) in [5.41, 5.74) is 5.92. The van der Waals surface area contributed by atoms with Crippen molar-refractivity contribution in [2.24, 2.45) is 0 Å². The summed E-state index contributed by atoms with van der Waals surface area (Å²) in [6, 6.07) is 0. The van der Waals surface area contributed by atoms with Crippen molar-refractivity contribution >= 4 is 11.6 Å². The molecule has 0 bridgehead atoms. The number of rotatable bonds is 1. The van der Waals surface area contributed by atoms with Gasteiger partial charge in [0.2, 0.25) is 5.95 Å². The number of hydrogen-bond donors (Lipinski definition) is 1. The molecule has 0 unspecified atom stereocenters. The molecular weight excluding hydrogens is 159 g/mol. The number of alkyl halides is 1. The summed E-state index contributed by atoms with van der Waals surface area (Å²) in [7, 11) is 0. The molecule has 4 nitrogen and oxygen atoms in total. The largest absolute Gasteiger partial charge is 0.396 e. The van der Waals surface area contributed by atoms with Gasteiger partial charge in [-0.2, -0.15) is 0 Å². The summed E-state index contributed by atoms with van der Waals surface area (Å²) in [4.78, 5) is 9.68. The average molecular weight is 168 g/mol. The van der Waals surface area contributed by atoms with Crippen LogP contribution in [0.1, 0.15) is 0 Å². The molecule has 2 N–H and O–H groups in total. The molecule has 12 heavy (non-hydrogen) atoms. The molecule has 0 amide bonds. The second-order valence-corrected chi connectivity index (χ2v) is 2.82. The van der Waals surface area contributed by atoms with E-state index in [1.165, 1.54) is 12.4 Å². The Morgan fingerprint density at radius 1 is 1.42 bits per heavy atom. The molecule has 0 aliphatic carbocycles. The highest BCUT2D eigenvalue weighted by molar-refractivity contribution is 5.39. The van der Waals surface area contributed by atoms with Crippen LogP contribution in [0.4, 0.5) is 16.0 Å². The van der Waals surface area contributed by atoms with Crippen LogP contribution in [-0.2, 0) is 0 Å². The SMILES string of the molecule is Nc1cnc(N2CC(F)C2)nc1. The van der Waals surface area contributed by atoms with Crippen molar-refractivity contribution in [2.45, 2.75) is 6.17 Å². The van der Waals surface area contributed by atoms with Gasteiger partial charge in [0.05, 0.1) is 31.2 Å². The minimum absolute atomic E-state index is 0.393. The van der Waals surface area contributed by atoms with Crippen LogP contribution >= 0.6 is 0 Å². The minimum Gasteiger partial charge on any atom is -0.396 e. The molecule has 0 saturated carbocycles. The van der Waals surface area contributed by atoms with Gasteiger partial charge in [-0.1, -0.05) is 0 Å². The Bertz CT molecular complexity index is 267. The van der Waals surface area contributed by atoms with Crippen LogP contribution in [0.2, 0.25) is 0 Å². The fourth-order valence-electron chi connectivity index (χ4n) is 1.08. The molecule has 1 saturated heterocycles. The summed E-state index contributed by atoms with van der Waals surface area (Å²) in [5.74, 6) is 0.554. The van der Waals surface area contributed by atoms with Gasteiger partial charge in [0, 0.05) is 0 Å². The van der Waals surface area contributed by atoms with Crippen LogP contribution in [0.15, 0.2) is 12.4 Å². The Labute approximate surface area is 69.2 Å². The first-order valence-corrected chi connectivity index (χ1v) is 3.72. The normalized spacial score (nSPS) is 17.6. The molecule has 2 rings (SSSR count). The predicted octanol–water partition coefficient (Wildman–Crippen LogP) is 0.217. The molecule has 64 valence electrons. The number of nitrogen functional groups attached to an aromatic ring is 1. The first-order valence-electron chi connectivity index (χ1n) is 3.72. The van der Waals surface area contributed by atoms with Crippen LogP contribution in [0.5, 0.6) is 0 Å². The molecule has 1 fully saturated rings. The lowest BCUT2D eigenvalue weighted by atomic mass is 10.2. The van der Waals surface area contributed by atoms with Crippen molar-refractivity contribution in [3.05, 3.63) is 12.4 Å². The highest BCUT2D eigenvalue weighted by Crippen LogP contribution is 2.17. The molecule has 5 heteroatoms. The first-order chi connectivity index (χ1) is 5.75. The van der Waals surface area contributed by atoms with Crippen LogP contribution in [0, 0.1) is 0 Å². The van der Waals surface area contributed by atoms with Gasteiger partial charge < -0.3 is 10.6 Å². The van der Waals surface area contributed by atoms with Crippen LogP contribution in [-0.4, -0.2) is 29.2 Å². The van der Waals surface area contributed by atoms with E-state index in [4.69, 9.17) is 5.73 Å². The lowest BCUT2D eigenvalue weighted by Gasteiger charge is -2.33. The van der Waals surface area contributed by atoms with E-state index in [9.17, 15) is 4.39 Å². The molecule has 1 aromatic heterocycles. The van der Waals surface area contributed by atoms with Crippen LogP contribution in [0.25, 0.3) is 0 Å². The second kappa shape index (κ2) is 2.58. The maximum absolute atomic E-state index is 12.4. The standard InChI is InChI=1S/C7H9FN4/c8-5-3-12(4-5)7-10-1-6(9)2-11-7/h1-2,5H,3-4,9H2. The summed E-state index contributed by atoms with van der Waals surface area (Å²) >= 11 is 0. The summed E-state index contributed by atoms with van der Waals surface area (Å²) in [5, 5.41) is 0. The third-order valence-electron chi connectivity index (χ3n) is 1.78. The monoisotopic (exact) mass is 168 g/mol. The predicted molar refractivity (Wildman–Crippen MR) is 43.6 cm³/mol. The van der Waals surface area contributed by atoms with E-state index < -0.39 is 6.17 Å². The maximum atomic E-state index is 12.4. The molecule has 0 spiro atoms. The lowest BCUT2D eigenvalue weighted by Crippen LogP contribution is -2.49. The van der Waals surface area contributed by atoms with Gasteiger partial charge in [-0.25, -0.2) is 14.4 Å². The molecule has 1 aliphatic heterocycles. The van der Waals surface area contributed by atoms with Crippen LogP contribution < -0.4 is 10.6 Å². The quantitative estimate of drug-likeness (QED) is 0.651. The molecular formula is C7H9FN4. The smallest absolute Gasteiger partial charge is 0.225 e. The third-order valence-corrected chi connectivity index (χ3v) is 1.78. The van der Waals surface area contributed by atoms with Crippen molar-refractivity contribution in [3.8, 4) is 0 Å². The molecule has 2 heterocycles. The first kappa shape index (κ1) is 7.27. The third kappa shape index (κ3) is 1.17. The zero-order chi connectivity index (χ0) is 8.55. The Hall–Kier alpha value is -1.39. The minimum atomic E-state index is -0.730. The topological polar surface area (TPSA) is 55.0 Å². The average Bonchev–Trinajstić information content (AvgIpc) is 2.01. The van der Waals surface area contributed by atoms with Gasteiger partial charge in [0.15, 0.2) is 0 Å². The molecule has 0 atom stereocenters. The molecule has 1 aromatic rings. The summed E-state index contributed by atoms with van der Waals surface area (Å²) < 4.78 is 12.4.